The van der Waals surface area contributed by atoms with Crippen molar-refractivity contribution in [2.45, 2.75) is 95.4 Å². The van der Waals surface area contributed by atoms with Crippen molar-refractivity contribution in [2.24, 2.45) is 23.0 Å². The van der Waals surface area contributed by atoms with Gasteiger partial charge in [0, 0.05) is 42.2 Å². The maximum Gasteiger partial charge on any atom is 0.254 e. The molecule has 1 aromatic carbocycles. The van der Waals surface area contributed by atoms with E-state index in [1.807, 2.05) is 28.5 Å². The predicted octanol–water partition coefficient (Wildman–Crippen LogP) is 5.37. The molecule has 4 saturated carbocycles. The Balaban J connectivity index is 1.11. The molecule has 0 unspecified atom stereocenters. The van der Waals surface area contributed by atoms with Crippen LogP contribution in [0.4, 0.5) is 4.39 Å². The van der Waals surface area contributed by atoms with E-state index in [9.17, 15) is 14.9 Å². The third kappa shape index (κ3) is 4.74. The van der Waals surface area contributed by atoms with E-state index in [2.05, 4.69) is 22.0 Å². The lowest BCUT2D eigenvalue weighted by Gasteiger charge is -2.37. The van der Waals surface area contributed by atoms with Gasteiger partial charge >= 0.3 is 0 Å². The summed E-state index contributed by atoms with van der Waals surface area (Å²) in [6.45, 7) is 3.17. The second-order valence-electron chi connectivity index (χ2n) is 14.8. The van der Waals surface area contributed by atoms with Gasteiger partial charge in [0.15, 0.2) is 5.82 Å². The van der Waals surface area contributed by atoms with Crippen LogP contribution in [-0.2, 0) is 11.3 Å². The van der Waals surface area contributed by atoms with Crippen LogP contribution < -0.4 is 11.1 Å². The molecule has 1 aliphatic heterocycles. The van der Waals surface area contributed by atoms with Crippen molar-refractivity contribution < 1.29 is 14.0 Å². The van der Waals surface area contributed by atoms with E-state index < -0.39 is 11.2 Å². The smallest absolute Gasteiger partial charge is 0.254 e. The molecule has 47 heavy (non-hydrogen) atoms. The first-order chi connectivity index (χ1) is 22.7. The number of halogens is 1. The van der Waals surface area contributed by atoms with Crippen molar-refractivity contribution in [3.05, 3.63) is 47.4 Å². The zero-order valence-electron chi connectivity index (χ0n) is 26.6. The van der Waals surface area contributed by atoms with Gasteiger partial charge in [-0.15, -0.1) is 0 Å². The molecule has 2 amide bonds. The van der Waals surface area contributed by atoms with Gasteiger partial charge < -0.3 is 25.1 Å². The molecule has 11 heteroatoms. The molecular weight excluding hydrogens is 595 g/mol. The van der Waals surface area contributed by atoms with Crippen LogP contribution >= 0.6 is 0 Å². The number of benzene rings is 1. The van der Waals surface area contributed by atoms with Gasteiger partial charge in [0.25, 0.3) is 5.91 Å². The lowest BCUT2D eigenvalue weighted by Crippen LogP contribution is -2.51. The summed E-state index contributed by atoms with van der Waals surface area (Å²) in [4.78, 5) is 38.6. The van der Waals surface area contributed by atoms with Crippen molar-refractivity contribution in [1.29, 1.82) is 5.26 Å². The van der Waals surface area contributed by atoms with Crippen LogP contribution in [0.15, 0.2) is 30.3 Å². The Bertz CT molecular complexity index is 2010. The maximum atomic E-state index is 16.2. The number of carbonyl (C=O) groups excluding carboxylic acids is 2. The van der Waals surface area contributed by atoms with Gasteiger partial charge in [-0.2, -0.15) is 5.26 Å². The van der Waals surface area contributed by atoms with E-state index in [4.69, 9.17) is 15.7 Å². The molecule has 4 aromatic rings. The molecule has 4 heterocycles. The second kappa shape index (κ2) is 10.3. The number of nitrogens with zero attached hydrogens (tertiary/aromatic N) is 6. The molecule has 5 aliphatic rings. The zero-order valence-corrected chi connectivity index (χ0v) is 26.6. The van der Waals surface area contributed by atoms with Gasteiger partial charge in [-0.1, -0.05) is 0 Å². The number of rotatable bonds is 8. The van der Waals surface area contributed by atoms with Crippen molar-refractivity contribution in [2.75, 3.05) is 6.54 Å². The quantitative estimate of drug-likeness (QED) is 0.268. The molecule has 5 fully saturated rings. The molecule has 0 radical (unpaired) electrons. The normalized spacial score (nSPS) is 25.2. The van der Waals surface area contributed by atoms with E-state index in [0.717, 1.165) is 73.9 Å². The Morgan fingerprint density at radius 3 is 2.62 bits per heavy atom. The number of nitriles is 1. The fourth-order valence-electron chi connectivity index (χ4n) is 8.01. The third-order valence-corrected chi connectivity index (χ3v) is 11.4. The third-order valence-electron chi connectivity index (χ3n) is 11.4. The Labute approximate surface area is 272 Å². The number of imidazole rings is 1. The molecule has 10 nitrogen and oxygen atoms in total. The molecule has 9 rings (SSSR count). The first-order valence-electron chi connectivity index (χ1n) is 17.2. The van der Waals surface area contributed by atoms with E-state index >= 15 is 4.39 Å². The van der Waals surface area contributed by atoms with Crippen LogP contribution in [0.5, 0.6) is 0 Å². The average Bonchev–Trinajstić information content (AvgIpc) is 4.01. The Hall–Kier alpha value is -4.30. The number of amides is 2. The highest BCUT2D eigenvalue weighted by atomic mass is 19.1. The number of nitrogens with one attached hydrogen (secondary N) is 1. The number of pyridine rings is 1. The molecule has 3 N–H and O–H groups in total. The Morgan fingerprint density at radius 1 is 1.11 bits per heavy atom. The monoisotopic (exact) mass is 634 g/mol. The van der Waals surface area contributed by atoms with Gasteiger partial charge in [0.2, 0.25) is 5.91 Å². The van der Waals surface area contributed by atoms with Crippen LogP contribution in [0.3, 0.4) is 0 Å². The standard InChI is InChI=1S/C36H39FN8O2/c1-19(40-35(47)36(18-38)10-11-36)28-9-5-22-15-30(44(32(22)41-28)16-20-2-3-20)33-42-29-14-23(13-26(37)31(29)45(33)24-7-8-24)34(46)43-17-27(39)21-4-6-25(43)12-21/h5,9,13-15,19-21,24-25,27H,2-4,6-8,10-12,16-17,39H2,1H3,(H,40,47)/t19-,21-,25+,27+/m1/s1. The summed E-state index contributed by atoms with van der Waals surface area (Å²) in [7, 11) is 0. The summed E-state index contributed by atoms with van der Waals surface area (Å²) in [5, 5.41) is 13.4. The number of carbonyl (C=O) groups is 2. The average molecular weight is 635 g/mol. The molecule has 4 aliphatic carbocycles. The highest BCUT2D eigenvalue weighted by molar-refractivity contribution is 5.98. The summed E-state index contributed by atoms with van der Waals surface area (Å²) in [6.07, 6.45) is 8.26. The maximum absolute atomic E-state index is 16.2. The van der Waals surface area contributed by atoms with Gasteiger partial charge in [-0.25, -0.2) is 14.4 Å². The van der Waals surface area contributed by atoms with Gasteiger partial charge in [0.1, 0.15) is 22.4 Å². The highest BCUT2D eigenvalue weighted by Gasteiger charge is 2.51. The molecule has 4 atom stereocenters. The molecule has 3 aromatic heterocycles. The first kappa shape index (κ1) is 28.9. The van der Waals surface area contributed by atoms with E-state index in [0.29, 0.717) is 53.6 Å². The van der Waals surface area contributed by atoms with Crippen molar-refractivity contribution in [3.63, 3.8) is 0 Å². The lowest BCUT2D eigenvalue weighted by molar-refractivity contribution is -0.125. The van der Waals surface area contributed by atoms with Crippen molar-refractivity contribution >= 4 is 33.9 Å². The molecule has 242 valence electrons. The van der Waals surface area contributed by atoms with E-state index in [-0.39, 0.29) is 36.0 Å². The summed E-state index contributed by atoms with van der Waals surface area (Å²) >= 11 is 0. The number of aromatic nitrogens is 4. The minimum atomic E-state index is -0.903. The van der Waals surface area contributed by atoms with Gasteiger partial charge in [-0.05, 0) is 107 Å². The number of hydrogen-bond donors (Lipinski definition) is 2. The Kier molecular flexibility index (Phi) is 6.36. The van der Waals surface area contributed by atoms with Crippen LogP contribution in [0.2, 0.25) is 0 Å². The Morgan fingerprint density at radius 2 is 1.89 bits per heavy atom. The fraction of sp³-hybridized carbons (Fsp3) is 0.528. The summed E-state index contributed by atoms with van der Waals surface area (Å²) < 4.78 is 20.4. The molecule has 0 spiro atoms. The highest BCUT2D eigenvalue weighted by Crippen LogP contribution is 2.46. The van der Waals surface area contributed by atoms with Crippen molar-refractivity contribution in [3.8, 4) is 17.6 Å². The summed E-state index contributed by atoms with van der Waals surface area (Å²) in [5.41, 5.74) is 9.15. The molecule has 2 bridgehead atoms. The fourth-order valence-corrected chi connectivity index (χ4v) is 8.01. The van der Waals surface area contributed by atoms with Gasteiger partial charge in [0.05, 0.1) is 29.0 Å². The topological polar surface area (TPSA) is 135 Å². The minimum Gasteiger partial charge on any atom is -0.347 e. The van der Waals surface area contributed by atoms with Crippen molar-refractivity contribution in [1.82, 2.24) is 29.3 Å². The lowest BCUT2D eigenvalue weighted by atomic mass is 9.94. The van der Waals surface area contributed by atoms with Crippen LogP contribution in [0, 0.1) is 34.4 Å². The largest absolute Gasteiger partial charge is 0.347 e. The van der Waals surface area contributed by atoms with Crippen LogP contribution in [0.1, 0.15) is 92.8 Å². The number of piperidine rings is 1. The summed E-state index contributed by atoms with van der Waals surface area (Å²) in [5.74, 6) is 0.851. The number of hydrogen-bond acceptors (Lipinski definition) is 6. The second-order valence-corrected chi connectivity index (χ2v) is 14.8. The molecular formula is C36H39FN8O2. The zero-order chi connectivity index (χ0) is 32.2. The number of fused-ring (bicyclic) bond motifs is 4. The minimum absolute atomic E-state index is 0.0406. The van der Waals surface area contributed by atoms with Gasteiger partial charge in [-0.3, -0.25) is 9.59 Å². The first-order valence-corrected chi connectivity index (χ1v) is 17.2. The SMILES string of the molecule is C[C@@H](NC(=O)C1(C#N)CC1)c1ccc2cc(-c3nc4cc(C(=O)N5C[C@H](N)[C@@H]6CC[C@H]5C6)cc(F)c4n3C3CC3)n(CC3CC3)c2n1. The number of nitrogens with two attached hydrogens (primary N) is 1. The van der Waals surface area contributed by atoms with E-state index in [1.54, 1.807) is 6.07 Å². The van der Waals surface area contributed by atoms with Crippen LogP contribution in [-0.4, -0.2) is 54.4 Å². The van der Waals surface area contributed by atoms with E-state index in [1.165, 1.54) is 6.07 Å². The summed E-state index contributed by atoms with van der Waals surface area (Å²) in [6, 6.07) is 11.2. The predicted molar refractivity (Wildman–Crippen MR) is 173 cm³/mol. The molecule has 1 saturated heterocycles. The van der Waals surface area contributed by atoms with Crippen LogP contribution in [0.25, 0.3) is 33.6 Å². The number of likely N-dealkylation sites (tertiary alicyclic amines) is 1.